The first kappa shape index (κ1) is 50.9. The molecule has 308 valence electrons. The fourth-order valence-electron chi connectivity index (χ4n) is 6.15. The number of hydrogen-bond acceptors (Lipinski definition) is 8. The number of ketones is 1. The molecule has 0 rings (SSSR count). The summed E-state index contributed by atoms with van der Waals surface area (Å²) in [5.74, 6) is -1.09. The van der Waals surface area contributed by atoms with Gasteiger partial charge in [-0.3, -0.25) is 14.2 Å². The van der Waals surface area contributed by atoms with Gasteiger partial charge < -0.3 is 28.3 Å². The zero-order valence-electron chi connectivity index (χ0n) is 34.4. The summed E-state index contributed by atoms with van der Waals surface area (Å²) >= 11 is 0. The number of hydrogen-bond donors (Lipinski definition) is 1. The number of aliphatic hydroxyl groups excluding tert-OH is 1. The number of phosphoric ester groups is 1. The van der Waals surface area contributed by atoms with E-state index in [1.54, 1.807) is 0 Å². The predicted octanol–water partition coefficient (Wildman–Crippen LogP) is 10.6. The lowest BCUT2D eigenvalue weighted by Crippen LogP contribution is -2.43. The SMILES string of the molecule is CCCCCCCC/C=C\CCCCCCCC(=O)O[C@@H](CO)C(OP(=O)([O-])OCC[N+](C)(C)C)C(=O)CCCCCCCCCCCCCCC. The van der Waals surface area contributed by atoms with Crippen molar-refractivity contribution in [2.45, 2.75) is 206 Å². The number of carbonyl (C=O) groups is 2. The Balaban J connectivity index is 4.66. The van der Waals surface area contributed by atoms with Gasteiger partial charge >= 0.3 is 5.97 Å². The minimum atomic E-state index is -4.91. The lowest BCUT2D eigenvalue weighted by Gasteiger charge is -2.32. The molecule has 0 radical (unpaired) electrons. The number of ether oxygens (including phenoxy) is 1. The Kier molecular flexibility index (Phi) is 33.7. The molecule has 0 bridgehead atoms. The van der Waals surface area contributed by atoms with E-state index in [4.69, 9.17) is 13.8 Å². The normalized spacial score (nSPS) is 14.4. The number of carbonyl (C=O) groups excluding carboxylic acids is 2. The van der Waals surface area contributed by atoms with E-state index >= 15 is 0 Å². The molecule has 0 fully saturated rings. The van der Waals surface area contributed by atoms with E-state index in [1.807, 2.05) is 21.1 Å². The Morgan fingerprint density at radius 2 is 1.06 bits per heavy atom. The maximum atomic E-state index is 13.3. The van der Waals surface area contributed by atoms with Crippen LogP contribution in [0.2, 0.25) is 0 Å². The molecule has 0 saturated heterocycles. The highest BCUT2D eigenvalue weighted by molar-refractivity contribution is 7.45. The molecule has 10 heteroatoms. The number of nitrogens with zero attached hydrogens (tertiary/aromatic N) is 1. The van der Waals surface area contributed by atoms with Gasteiger partial charge in [-0.2, -0.15) is 0 Å². The average Bonchev–Trinajstić information content (AvgIpc) is 3.09. The first-order valence-corrected chi connectivity index (χ1v) is 22.8. The van der Waals surface area contributed by atoms with Crippen molar-refractivity contribution in [1.29, 1.82) is 0 Å². The Labute approximate surface area is 320 Å². The fraction of sp³-hybridized carbons (Fsp3) is 0.905. The number of likely N-dealkylation sites (N-methyl/N-ethyl adjacent to an activating group) is 1. The van der Waals surface area contributed by atoms with Gasteiger partial charge in [0.2, 0.25) is 0 Å². The van der Waals surface area contributed by atoms with Crippen molar-refractivity contribution in [2.24, 2.45) is 0 Å². The third-order valence-corrected chi connectivity index (χ3v) is 10.5. The van der Waals surface area contributed by atoms with Gasteiger partial charge in [0.15, 0.2) is 18.0 Å². The number of unbranched alkanes of at least 4 members (excludes halogenated alkanes) is 23. The second-order valence-electron chi connectivity index (χ2n) is 15.8. The van der Waals surface area contributed by atoms with E-state index < -0.39 is 38.4 Å². The third kappa shape index (κ3) is 33.5. The molecule has 0 heterocycles. The second-order valence-corrected chi connectivity index (χ2v) is 17.2. The van der Waals surface area contributed by atoms with Crippen LogP contribution in [0.5, 0.6) is 0 Å². The van der Waals surface area contributed by atoms with Crippen LogP contribution in [0.3, 0.4) is 0 Å². The van der Waals surface area contributed by atoms with Crippen molar-refractivity contribution in [1.82, 2.24) is 0 Å². The van der Waals surface area contributed by atoms with Gasteiger partial charge in [0.05, 0.1) is 27.7 Å². The summed E-state index contributed by atoms with van der Waals surface area (Å²) in [6.45, 7) is 4.03. The van der Waals surface area contributed by atoms with E-state index in [1.165, 1.54) is 96.3 Å². The molecule has 0 aliphatic rings. The fourth-order valence-corrected chi connectivity index (χ4v) is 7.05. The highest BCUT2D eigenvalue weighted by atomic mass is 31.2. The van der Waals surface area contributed by atoms with Crippen LogP contribution in [-0.4, -0.2) is 74.5 Å². The van der Waals surface area contributed by atoms with Crippen LogP contribution in [-0.2, 0) is 27.9 Å². The largest absolute Gasteiger partial charge is 0.756 e. The predicted molar refractivity (Wildman–Crippen MR) is 213 cm³/mol. The number of esters is 1. The Morgan fingerprint density at radius 1 is 0.654 bits per heavy atom. The summed E-state index contributed by atoms with van der Waals surface area (Å²) in [6.07, 6.45) is 31.7. The lowest BCUT2D eigenvalue weighted by molar-refractivity contribution is -0.870. The maximum absolute atomic E-state index is 13.3. The zero-order valence-corrected chi connectivity index (χ0v) is 35.3. The monoisotopic (exact) mass is 760 g/mol. The first-order valence-electron chi connectivity index (χ1n) is 21.4. The van der Waals surface area contributed by atoms with Gasteiger partial charge in [-0.15, -0.1) is 0 Å². The number of quaternary nitrogens is 1. The van der Waals surface area contributed by atoms with Crippen molar-refractivity contribution in [2.75, 3.05) is 40.9 Å². The lowest BCUT2D eigenvalue weighted by atomic mass is 10.0. The van der Waals surface area contributed by atoms with E-state index in [0.717, 1.165) is 57.8 Å². The van der Waals surface area contributed by atoms with Crippen molar-refractivity contribution in [3.8, 4) is 0 Å². The maximum Gasteiger partial charge on any atom is 0.306 e. The summed E-state index contributed by atoms with van der Waals surface area (Å²) < 4.78 is 29.0. The smallest absolute Gasteiger partial charge is 0.306 e. The number of phosphoric acid groups is 1. The molecule has 0 aliphatic carbocycles. The highest BCUT2D eigenvalue weighted by Crippen LogP contribution is 2.41. The second kappa shape index (κ2) is 34.4. The summed E-state index contributed by atoms with van der Waals surface area (Å²) in [4.78, 5) is 38.8. The quantitative estimate of drug-likeness (QED) is 0.0216. The van der Waals surface area contributed by atoms with Crippen LogP contribution in [0.25, 0.3) is 0 Å². The number of allylic oxidation sites excluding steroid dienone is 2. The van der Waals surface area contributed by atoms with Gasteiger partial charge in [0.1, 0.15) is 13.2 Å². The summed E-state index contributed by atoms with van der Waals surface area (Å²) in [5.41, 5.74) is 0. The van der Waals surface area contributed by atoms with Crippen molar-refractivity contribution in [3.05, 3.63) is 12.2 Å². The molecule has 0 aromatic rings. The Morgan fingerprint density at radius 3 is 1.48 bits per heavy atom. The molecular formula is C42H82NO8P. The van der Waals surface area contributed by atoms with Crippen LogP contribution in [0.15, 0.2) is 12.2 Å². The summed E-state index contributed by atoms with van der Waals surface area (Å²) in [5, 5.41) is 10.1. The van der Waals surface area contributed by atoms with Crippen LogP contribution >= 0.6 is 7.82 Å². The van der Waals surface area contributed by atoms with Crippen LogP contribution < -0.4 is 4.89 Å². The molecule has 0 saturated carbocycles. The van der Waals surface area contributed by atoms with Gasteiger partial charge in [0, 0.05) is 12.8 Å². The zero-order chi connectivity index (χ0) is 38.8. The van der Waals surface area contributed by atoms with Crippen molar-refractivity contribution >= 4 is 19.6 Å². The van der Waals surface area contributed by atoms with Gasteiger partial charge in [-0.05, 0) is 38.5 Å². The van der Waals surface area contributed by atoms with Crippen molar-refractivity contribution in [3.63, 3.8) is 0 Å². The van der Waals surface area contributed by atoms with E-state index in [0.29, 0.717) is 23.9 Å². The average molecular weight is 760 g/mol. The molecule has 0 aromatic carbocycles. The molecule has 52 heavy (non-hydrogen) atoms. The topological polar surface area (TPSA) is 122 Å². The Bertz CT molecular complexity index is 922. The molecule has 1 N–H and O–H groups in total. The van der Waals surface area contributed by atoms with Crippen LogP contribution in [0.1, 0.15) is 194 Å². The van der Waals surface area contributed by atoms with Gasteiger partial charge in [0.25, 0.3) is 7.82 Å². The van der Waals surface area contributed by atoms with Gasteiger partial charge in [-0.1, -0.05) is 154 Å². The number of Topliss-reactive ketones (excluding diaryl/α,β-unsaturated/α-hetero) is 1. The summed E-state index contributed by atoms with van der Waals surface area (Å²) in [7, 11) is 0.793. The molecule has 9 nitrogen and oxygen atoms in total. The minimum Gasteiger partial charge on any atom is -0.756 e. The molecule has 0 amide bonds. The third-order valence-electron chi connectivity index (χ3n) is 9.54. The van der Waals surface area contributed by atoms with Crippen LogP contribution in [0, 0.1) is 0 Å². The number of aliphatic hydroxyl groups is 1. The Hall–Kier alpha value is -1.09. The highest BCUT2D eigenvalue weighted by Gasteiger charge is 2.35. The molecular weight excluding hydrogens is 677 g/mol. The van der Waals surface area contributed by atoms with Crippen molar-refractivity contribution < 1.29 is 42.4 Å². The number of rotatable bonds is 39. The summed E-state index contributed by atoms with van der Waals surface area (Å²) in [6, 6.07) is 0. The first-order chi connectivity index (χ1) is 25.0. The molecule has 0 aromatic heterocycles. The van der Waals surface area contributed by atoms with Crippen LogP contribution in [0.4, 0.5) is 0 Å². The van der Waals surface area contributed by atoms with E-state index in [9.17, 15) is 24.2 Å². The molecule has 0 aliphatic heterocycles. The van der Waals surface area contributed by atoms with E-state index in [-0.39, 0.29) is 19.4 Å². The molecule has 0 spiro atoms. The minimum absolute atomic E-state index is 0.0730. The standard InChI is InChI=1S/C42H82NO8P/c1-6-8-10-12-14-16-18-20-21-23-25-27-29-31-33-35-41(46)50-40(38-44)42(51-52(47,48)49-37-36-43(3,4)5)39(45)34-32-30-28-26-24-22-19-17-15-13-11-9-7-2/h20-21,40,42,44H,6-19,22-38H2,1-5H3/b21-20-/t40-,42?/m0/s1. The molecule has 2 unspecified atom stereocenters. The van der Waals surface area contributed by atoms with E-state index in [2.05, 4.69) is 26.0 Å². The van der Waals surface area contributed by atoms with Gasteiger partial charge in [-0.25, -0.2) is 0 Å². The molecule has 3 atom stereocenters.